The highest BCUT2D eigenvalue weighted by molar-refractivity contribution is 5.80. The number of fused-ring (bicyclic) bond motifs is 1. The number of aromatic nitrogens is 2. The number of imidazole rings is 1. The number of methoxy groups -OCH3 is 1. The first-order valence-electron chi connectivity index (χ1n) is 7.68. The van der Waals surface area contributed by atoms with Gasteiger partial charge in [0, 0.05) is 18.7 Å². The maximum absolute atomic E-state index is 13.7. The van der Waals surface area contributed by atoms with Crippen LogP contribution in [0.1, 0.15) is 38.5 Å². The van der Waals surface area contributed by atoms with Gasteiger partial charge in [-0.2, -0.15) is 0 Å². The lowest BCUT2D eigenvalue weighted by molar-refractivity contribution is 0.387. The average Bonchev–Trinajstić information content (AvgIpc) is 3.07. The molecule has 0 amide bonds. The molecule has 21 heavy (non-hydrogen) atoms. The lowest BCUT2D eigenvalue weighted by atomic mass is 10.0. The fourth-order valence-electron chi connectivity index (χ4n) is 3.37. The van der Waals surface area contributed by atoms with Crippen molar-refractivity contribution < 1.29 is 9.13 Å². The maximum Gasteiger partial charge on any atom is 0.201 e. The van der Waals surface area contributed by atoms with Gasteiger partial charge in [-0.05, 0) is 18.8 Å². The average molecular weight is 291 g/mol. The van der Waals surface area contributed by atoms with Gasteiger partial charge in [-0.3, -0.25) is 0 Å². The van der Waals surface area contributed by atoms with Gasteiger partial charge in [0.25, 0.3) is 0 Å². The van der Waals surface area contributed by atoms with Crippen LogP contribution in [0.25, 0.3) is 11.0 Å². The van der Waals surface area contributed by atoms with Crippen LogP contribution in [0.4, 0.5) is 10.3 Å². The minimum Gasteiger partial charge on any atom is -0.494 e. The second-order valence-electron chi connectivity index (χ2n) is 5.89. The highest BCUT2D eigenvalue weighted by Gasteiger charge is 2.16. The van der Waals surface area contributed by atoms with Gasteiger partial charge in [0.2, 0.25) is 5.95 Å². The minimum absolute atomic E-state index is 0.236. The van der Waals surface area contributed by atoms with Crippen molar-refractivity contribution >= 4 is 17.0 Å². The second kappa shape index (κ2) is 5.92. The summed E-state index contributed by atoms with van der Waals surface area (Å²) >= 11 is 0. The van der Waals surface area contributed by atoms with Gasteiger partial charge in [-0.15, -0.1) is 0 Å². The van der Waals surface area contributed by atoms with E-state index in [0.717, 1.165) is 24.4 Å². The Morgan fingerprint density at radius 1 is 1.38 bits per heavy atom. The summed E-state index contributed by atoms with van der Waals surface area (Å²) in [5, 5.41) is 0. The Balaban J connectivity index is 1.78. The van der Waals surface area contributed by atoms with E-state index in [0.29, 0.717) is 11.5 Å². The zero-order valence-corrected chi connectivity index (χ0v) is 12.4. The molecule has 3 rings (SSSR count). The third-order valence-electron chi connectivity index (χ3n) is 4.52. The summed E-state index contributed by atoms with van der Waals surface area (Å²) in [5.41, 5.74) is 7.41. The molecule has 0 spiro atoms. The van der Waals surface area contributed by atoms with E-state index in [1.807, 2.05) is 4.57 Å². The maximum atomic E-state index is 13.7. The Hall–Kier alpha value is -1.78. The Bertz CT molecular complexity index is 632. The molecule has 0 aliphatic heterocycles. The zero-order chi connectivity index (χ0) is 14.8. The van der Waals surface area contributed by atoms with Crippen LogP contribution in [0.5, 0.6) is 5.75 Å². The minimum atomic E-state index is -0.402. The Kier molecular flexibility index (Phi) is 3.99. The smallest absolute Gasteiger partial charge is 0.201 e. The van der Waals surface area contributed by atoms with E-state index in [1.54, 1.807) is 6.07 Å². The molecule has 0 unspecified atom stereocenters. The van der Waals surface area contributed by atoms with Crippen LogP contribution in [0.3, 0.4) is 0 Å². The normalized spacial score (nSPS) is 15.9. The van der Waals surface area contributed by atoms with Crippen molar-refractivity contribution in [3.63, 3.8) is 0 Å². The Morgan fingerprint density at radius 2 is 2.14 bits per heavy atom. The van der Waals surface area contributed by atoms with E-state index in [1.165, 1.54) is 45.3 Å². The fourth-order valence-corrected chi connectivity index (χ4v) is 3.37. The van der Waals surface area contributed by atoms with Gasteiger partial charge in [0.1, 0.15) is 0 Å². The van der Waals surface area contributed by atoms with Gasteiger partial charge in [0.15, 0.2) is 11.6 Å². The number of halogens is 1. The number of ether oxygens (including phenoxy) is 1. The molecule has 0 atom stereocenters. The molecule has 1 aliphatic carbocycles. The molecule has 1 saturated carbocycles. The summed E-state index contributed by atoms with van der Waals surface area (Å²) in [5.74, 6) is 1.15. The van der Waals surface area contributed by atoms with E-state index in [2.05, 4.69) is 4.98 Å². The van der Waals surface area contributed by atoms with E-state index in [-0.39, 0.29) is 5.75 Å². The number of nitrogens with two attached hydrogens (primary N) is 1. The number of anilines is 1. The number of hydrogen-bond acceptors (Lipinski definition) is 3. The van der Waals surface area contributed by atoms with E-state index >= 15 is 0 Å². The van der Waals surface area contributed by atoms with Crippen LogP contribution in [0, 0.1) is 11.7 Å². The van der Waals surface area contributed by atoms with E-state index < -0.39 is 5.82 Å². The molecule has 0 radical (unpaired) electrons. The summed E-state index contributed by atoms with van der Waals surface area (Å²) in [6.45, 7) is 0.827. The molecule has 4 nitrogen and oxygen atoms in total. The molecular formula is C16H22FN3O. The van der Waals surface area contributed by atoms with Crippen molar-refractivity contribution in [3.05, 3.63) is 17.9 Å². The molecule has 0 saturated heterocycles. The predicted molar refractivity (Wildman–Crippen MR) is 81.8 cm³/mol. The Labute approximate surface area is 124 Å². The molecule has 1 aromatic heterocycles. The lowest BCUT2D eigenvalue weighted by Gasteiger charge is -2.11. The van der Waals surface area contributed by atoms with Crippen LogP contribution < -0.4 is 10.5 Å². The third-order valence-corrected chi connectivity index (χ3v) is 4.52. The quantitative estimate of drug-likeness (QED) is 0.913. The van der Waals surface area contributed by atoms with Gasteiger partial charge in [0.05, 0.1) is 18.1 Å². The summed E-state index contributed by atoms with van der Waals surface area (Å²) in [7, 11) is 1.47. The molecule has 1 heterocycles. The highest BCUT2D eigenvalue weighted by Crippen LogP contribution is 2.30. The summed E-state index contributed by atoms with van der Waals surface area (Å²) < 4.78 is 20.7. The van der Waals surface area contributed by atoms with Crippen molar-refractivity contribution in [1.82, 2.24) is 9.55 Å². The van der Waals surface area contributed by atoms with E-state index in [9.17, 15) is 4.39 Å². The molecule has 0 bridgehead atoms. The third kappa shape index (κ3) is 2.82. The van der Waals surface area contributed by atoms with Crippen molar-refractivity contribution in [2.45, 2.75) is 45.1 Å². The summed E-state index contributed by atoms with van der Waals surface area (Å²) in [6.07, 6.45) is 7.78. The molecule has 114 valence electrons. The number of nitrogen functional groups attached to an aromatic ring is 1. The molecule has 5 heteroatoms. The van der Waals surface area contributed by atoms with Crippen molar-refractivity contribution in [2.24, 2.45) is 5.92 Å². The Morgan fingerprint density at radius 3 is 2.86 bits per heavy atom. The topological polar surface area (TPSA) is 53.1 Å². The van der Waals surface area contributed by atoms with Crippen LogP contribution >= 0.6 is 0 Å². The van der Waals surface area contributed by atoms with Crippen molar-refractivity contribution in [2.75, 3.05) is 12.8 Å². The lowest BCUT2D eigenvalue weighted by Crippen LogP contribution is -2.05. The van der Waals surface area contributed by atoms with Crippen molar-refractivity contribution in [3.8, 4) is 5.75 Å². The van der Waals surface area contributed by atoms with Crippen LogP contribution in [0.2, 0.25) is 0 Å². The predicted octanol–water partition coefficient (Wildman–Crippen LogP) is 3.74. The molecule has 2 N–H and O–H groups in total. The number of rotatable bonds is 5. The molecule has 1 aromatic carbocycles. The van der Waals surface area contributed by atoms with Crippen LogP contribution in [-0.2, 0) is 6.54 Å². The van der Waals surface area contributed by atoms with Crippen LogP contribution in [-0.4, -0.2) is 16.7 Å². The first-order chi connectivity index (χ1) is 10.2. The zero-order valence-electron chi connectivity index (χ0n) is 12.4. The molecular weight excluding hydrogens is 269 g/mol. The molecule has 1 aliphatic rings. The number of benzene rings is 1. The monoisotopic (exact) mass is 291 g/mol. The standard InChI is InChI=1S/C16H22FN3O/c1-21-15-10-14-13(9-12(15)17)19-16(18)20(14)8-4-7-11-5-2-3-6-11/h9-11H,2-8H2,1H3,(H2,18,19). The largest absolute Gasteiger partial charge is 0.494 e. The summed E-state index contributed by atoms with van der Waals surface area (Å²) in [4.78, 5) is 4.24. The fraction of sp³-hybridized carbons (Fsp3) is 0.562. The number of aryl methyl sites for hydroxylation is 1. The first kappa shape index (κ1) is 14.2. The highest BCUT2D eigenvalue weighted by atomic mass is 19.1. The molecule has 1 fully saturated rings. The first-order valence-corrected chi connectivity index (χ1v) is 7.68. The number of hydrogen-bond donors (Lipinski definition) is 1. The van der Waals surface area contributed by atoms with Gasteiger partial charge >= 0.3 is 0 Å². The SMILES string of the molecule is COc1cc2c(cc1F)nc(N)n2CCCC1CCCC1. The van der Waals surface area contributed by atoms with Crippen molar-refractivity contribution in [1.29, 1.82) is 0 Å². The van der Waals surface area contributed by atoms with Gasteiger partial charge < -0.3 is 15.0 Å². The van der Waals surface area contributed by atoms with Gasteiger partial charge in [-0.25, -0.2) is 9.37 Å². The molecule has 2 aromatic rings. The summed E-state index contributed by atoms with van der Waals surface area (Å²) in [6, 6.07) is 3.07. The number of nitrogens with zero attached hydrogens (tertiary/aromatic N) is 2. The van der Waals surface area contributed by atoms with Gasteiger partial charge in [-0.1, -0.05) is 25.7 Å². The van der Waals surface area contributed by atoms with Crippen LogP contribution in [0.15, 0.2) is 12.1 Å². The van der Waals surface area contributed by atoms with E-state index in [4.69, 9.17) is 10.5 Å². The second-order valence-corrected chi connectivity index (χ2v) is 5.89.